The molecule has 10 heteroatoms. The van der Waals surface area contributed by atoms with E-state index >= 15 is 0 Å². The first-order valence-electron chi connectivity index (χ1n) is 7.84. The highest BCUT2D eigenvalue weighted by Gasteiger charge is 2.43. The number of hydrogen-bond donors (Lipinski definition) is 5. The summed E-state index contributed by atoms with van der Waals surface area (Å²) in [6, 6.07) is 8.67. The Balaban J connectivity index is 1.87. The molecule has 9 nitrogen and oxygen atoms in total. The zero-order chi connectivity index (χ0) is 18.8. The minimum atomic E-state index is -1.55. The van der Waals surface area contributed by atoms with E-state index in [1.807, 2.05) is 0 Å². The lowest BCUT2D eigenvalue weighted by Crippen LogP contribution is -2.60. The molecule has 3 rings (SSSR count). The van der Waals surface area contributed by atoms with Crippen LogP contribution in [0.3, 0.4) is 0 Å². The molecule has 0 aliphatic carbocycles. The fraction of sp³-hybridized carbons (Fsp3) is 0.375. The van der Waals surface area contributed by atoms with Gasteiger partial charge in [0.1, 0.15) is 29.4 Å². The molecule has 0 amide bonds. The summed E-state index contributed by atoms with van der Waals surface area (Å²) in [4.78, 5) is 12.4. The Morgan fingerprint density at radius 1 is 1.15 bits per heavy atom. The number of ether oxygens (including phenoxy) is 1. The number of nitrogens with zero attached hydrogens (tertiary/aromatic N) is 2. The molecule has 1 fully saturated rings. The highest BCUT2D eigenvalue weighted by Crippen LogP contribution is 2.25. The average Bonchev–Trinajstić information content (AvgIpc) is 2.66. The summed E-state index contributed by atoms with van der Waals surface area (Å²) in [5.74, 6) is 0. The Morgan fingerprint density at radius 2 is 1.85 bits per heavy atom. The fourth-order valence-electron chi connectivity index (χ4n) is 2.66. The Kier molecular flexibility index (Phi) is 5.56. The molecule has 1 aliphatic heterocycles. The largest absolute Gasteiger partial charge is 0.394 e. The third kappa shape index (κ3) is 3.45. The monoisotopic (exact) mass is 383 g/mol. The molecule has 1 aromatic heterocycles. The molecule has 0 radical (unpaired) electrons. The molecule has 2 heterocycles. The molecule has 2 aromatic rings. The predicted molar refractivity (Wildman–Crippen MR) is 92.2 cm³/mol. The van der Waals surface area contributed by atoms with Gasteiger partial charge in [-0.3, -0.25) is 4.79 Å². The predicted octanol–water partition coefficient (Wildman–Crippen LogP) is -0.902. The number of aliphatic hydroxyl groups excluding tert-OH is 4. The second-order valence-electron chi connectivity index (χ2n) is 5.82. The number of anilines is 1. The molecule has 1 aromatic carbocycles. The molecule has 1 unspecified atom stereocenters. The molecule has 1 saturated heterocycles. The minimum Gasteiger partial charge on any atom is -0.394 e. The minimum absolute atomic E-state index is 0.0770. The summed E-state index contributed by atoms with van der Waals surface area (Å²) in [7, 11) is 0. The summed E-state index contributed by atoms with van der Waals surface area (Å²) in [6.07, 6.45) is -5.56. The molecule has 26 heavy (non-hydrogen) atoms. The second-order valence-corrected chi connectivity index (χ2v) is 6.20. The summed E-state index contributed by atoms with van der Waals surface area (Å²) in [5.41, 5.74) is 0.0134. The molecule has 0 saturated carbocycles. The zero-order valence-corrected chi connectivity index (χ0v) is 14.2. The van der Waals surface area contributed by atoms with Crippen molar-refractivity contribution in [3.8, 4) is 5.69 Å². The number of benzene rings is 1. The van der Waals surface area contributed by atoms with Crippen LogP contribution in [0.1, 0.15) is 0 Å². The van der Waals surface area contributed by atoms with Crippen molar-refractivity contribution in [3.63, 3.8) is 0 Å². The summed E-state index contributed by atoms with van der Waals surface area (Å²) in [5, 5.41) is 45.4. The maximum Gasteiger partial charge on any atom is 0.292 e. The first kappa shape index (κ1) is 18.8. The lowest BCUT2D eigenvalue weighted by Gasteiger charge is -2.40. The van der Waals surface area contributed by atoms with Crippen LogP contribution in [0.2, 0.25) is 5.02 Å². The van der Waals surface area contributed by atoms with Gasteiger partial charge in [0.05, 0.1) is 24.2 Å². The molecule has 5 atom stereocenters. The summed E-state index contributed by atoms with van der Waals surface area (Å²) in [6.45, 7) is -0.565. The number of aromatic nitrogens is 2. The molecule has 0 spiro atoms. The zero-order valence-electron chi connectivity index (χ0n) is 13.4. The van der Waals surface area contributed by atoms with E-state index in [1.165, 1.54) is 6.20 Å². The van der Waals surface area contributed by atoms with Crippen molar-refractivity contribution >= 4 is 17.3 Å². The number of rotatable bonds is 4. The van der Waals surface area contributed by atoms with E-state index in [2.05, 4.69) is 10.4 Å². The maximum absolute atomic E-state index is 12.4. The highest BCUT2D eigenvalue weighted by atomic mass is 35.5. The van der Waals surface area contributed by atoms with Gasteiger partial charge in [0, 0.05) is 0 Å². The maximum atomic E-state index is 12.4. The fourth-order valence-corrected chi connectivity index (χ4v) is 2.84. The van der Waals surface area contributed by atoms with Crippen molar-refractivity contribution in [1.82, 2.24) is 9.78 Å². The Morgan fingerprint density at radius 3 is 2.50 bits per heavy atom. The first-order valence-corrected chi connectivity index (χ1v) is 8.22. The van der Waals surface area contributed by atoms with Crippen LogP contribution in [0.5, 0.6) is 0 Å². The van der Waals surface area contributed by atoms with Crippen LogP contribution in [0.4, 0.5) is 5.69 Å². The number of aliphatic hydroxyl groups is 4. The van der Waals surface area contributed by atoms with Gasteiger partial charge in [0.15, 0.2) is 6.23 Å². The number of nitrogens with one attached hydrogen (secondary N) is 1. The second kappa shape index (κ2) is 7.70. The van der Waals surface area contributed by atoms with Crippen molar-refractivity contribution < 1.29 is 25.2 Å². The van der Waals surface area contributed by atoms with Gasteiger partial charge in [0.2, 0.25) is 0 Å². The van der Waals surface area contributed by atoms with Crippen LogP contribution in [-0.2, 0) is 4.74 Å². The SMILES string of the molecule is O=c1c(Cl)c(NC2O[C@H](CO)[C@@H](O)[C@H](O)[C@H]2O)cnn1-c1ccccc1. The van der Waals surface area contributed by atoms with Crippen LogP contribution >= 0.6 is 11.6 Å². The van der Waals surface area contributed by atoms with Crippen molar-refractivity contribution in [1.29, 1.82) is 0 Å². The normalized spacial score (nSPS) is 28.7. The smallest absolute Gasteiger partial charge is 0.292 e. The van der Waals surface area contributed by atoms with Gasteiger partial charge >= 0.3 is 0 Å². The van der Waals surface area contributed by atoms with E-state index in [4.69, 9.17) is 16.3 Å². The van der Waals surface area contributed by atoms with Crippen molar-refractivity contribution in [2.75, 3.05) is 11.9 Å². The van der Waals surface area contributed by atoms with Gasteiger partial charge in [0.25, 0.3) is 5.56 Å². The molecule has 140 valence electrons. The Labute approximate surface area is 153 Å². The third-order valence-corrected chi connectivity index (χ3v) is 4.47. The standard InChI is InChI=1S/C16H18ClN3O6/c17-11-9(6-18-20(16(11)25)8-4-2-1-3-5-8)19-15-14(24)13(23)12(22)10(7-21)26-15/h1-6,10,12-15,19,21-24H,7H2/t10-,12-,13+,14-,15?/m1/s1. The van der Waals surface area contributed by atoms with E-state index in [1.54, 1.807) is 30.3 Å². The molecular formula is C16H18ClN3O6. The number of para-hydroxylation sites is 1. The van der Waals surface area contributed by atoms with Crippen molar-refractivity contribution in [2.45, 2.75) is 30.6 Å². The average molecular weight is 384 g/mol. The quantitative estimate of drug-likeness (QED) is 0.458. The van der Waals surface area contributed by atoms with E-state index < -0.39 is 42.8 Å². The van der Waals surface area contributed by atoms with Crippen LogP contribution in [0.25, 0.3) is 5.69 Å². The van der Waals surface area contributed by atoms with Gasteiger partial charge in [-0.15, -0.1) is 0 Å². The summed E-state index contributed by atoms with van der Waals surface area (Å²) < 4.78 is 6.44. The molecular weight excluding hydrogens is 366 g/mol. The third-order valence-electron chi connectivity index (χ3n) is 4.11. The van der Waals surface area contributed by atoms with Crippen molar-refractivity contribution in [2.24, 2.45) is 0 Å². The van der Waals surface area contributed by atoms with E-state index in [9.17, 15) is 25.2 Å². The van der Waals surface area contributed by atoms with Crippen LogP contribution in [-0.4, -0.2) is 67.5 Å². The highest BCUT2D eigenvalue weighted by molar-refractivity contribution is 6.32. The first-order chi connectivity index (χ1) is 12.4. The van der Waals surface area contributed by atoms with E-state index in [-0.39, 0.29) is 10.7 Å². The topological polar surface area (TPSA) is 137 Å². The van der Waals surface area contributed by atoms with Gasteiger partial charge in [-0.1, -0.05) is 29.8 Å². The van der Waals surface area contributed by atoms with Gasteiger partial charge in [-0.25, -0.2) is 0 Å². The van der Waals surface area contributed by atoms with E-state index in [0.29, 0.717) is 5.69 Å². The van der Waals surface area contributed by atoms with E-state index in [0.717, 1.165) is 4.68 Å². The number of hydrogen-bond acceptors (Lipinski definition) is 8. The Hall–Kier alpha value is -2.01. The van der Waals surface area contributed by atoms with Crippen LogP contribution in [0, 0.1) is 0 Å². The number of halogens is 1. The van der Waals surface area contributed by atoms with Gasteiger partial charge in [-0.05, 0) is 12.1 Å². The van der Waals surface area contributed by atoms with Gasteiger partial charge in [-0.2, -0.15) is 9.78 Å². The van der Waals surface area contributed by atoms with Crippen LogP contribution < -0.4 is 10.9 Å². The molecule has 5 N–H and O–H groups in total. The lowest BCUT2D eigenvalue weighted by atomic mass is 9.98. The summed E-state index contributed by atoms with van der Waals surface area (Å²) >= 11 is 6.12. The lowest BCUT2D eigenvalue weighted by molar-refractivity contribution is -0.221. The molecule has 0 bridgehead atoms. The van der Waals surface area contributed by atoms with Crippen LogP contribution in [0.15, 0.2) is 41.3 Å². The van der Waals surface area contributed by atoms with Gasteiger partial charge < -0.3 is 30.5 Å². The molecule has 1 aliphatic rings. The Bertz CT molecular complexity index is 815. The van der Waals surface area contributed by atoms with Crippen molar-refractivity contribution in [3.05, 3.63) is 51.9 Å².